The summed E-state index contributed by atoms with van der Waals surface area (Å²) in [7, 11) is 0. The van der Waals surface area contributed by atoms with Gasteiger partial charge in [0.25, 0.3) is 0 Å². The van der Waals surface area contributed by atoms with E-state index in [1.54, 1.807) is 0 Å². The lowest BCUT2D eigenvalue weighted by molar-refractivity contribution is 1.28. The molecule has 4 heteroatoms. The van der Waals surface area contributed by atoms with E-state index in [0.717, 1.165) is 68.2 Å². The lowest BCUT2D eigenvalue weighted by atomic mass is 9.96. The van der Waals surface area contributed by atoms with E-state index in [2.05, 4.69) is 675 Å². The first-order valence-corrected chi connectivity index (χ1v) is 50.5. The van der Waals surface area contributed by atoms with Crippen molar-refractivity contribution in [2.24, 2.45) is 0 Å². The molecule has 0 aromatic heterocycles. The summed E-state index contributed by atoms with van der Waals surface area (Å²) in [5.74, 6) is 0. The van der Waals surface area contributed by atoms with Crippen molar-refractivity contribution in [1.82, 2.24) is 0 Å². The number of hydrogen-bond acceptors (Lipinski definition) is 4. The third-order valence-corrected chi connectivity index (χ3v) is 26.7. The van der Waals surface area contributed by atoms with Gasteiger partial charge in [-0.2, -0.15) is 0 Å². The summed E-state index contributed by atoms with van der Waals surface area (Å²) in [6.07, 6.45) is 0. The van der Waals surface area contributed by atoms with Gasteiger partial charge in [0.15, 0.2) is 0 Å². The molecule has 0 heterocycles. The lowest BCUT2D eigenvalue weighted by Gasteiger charge is -2.31. The van der Waals surface area contributed by atoms with Crippen LogP contribution in [0.3, 0.4) is 0 Å². The summed E-state index contributed by atoms with van der Waals surface area (Å²) in [4.78, 5) is 9.56. The maximum absolute atomic E-state index is 2.42. The fraction of sp³-hybridized carbons (Fsp3) is 0. The fourth-order valence-electron chi connectivity index (χ4n) is 19.6. The van der Waals surface area contributed by atoms with Gasteiger partial charge in [0.2, 0.25) is 0 Å². The first-order valence-electron chi connectivity index (χ1n) is 50.5. The van der Waals surface area contributed by atoms with Crippen molar-refractivity contribution in [2.45, 2.75) is 0 Å². The van der Waals surface area contributed by atoms with Gasteiger partial charge in [-0.1, -0.05) is 552 Å². The summed E-state index contributed by atoms with van der Waals surface area (Å²) in [6.45, 7) is 0. The zero-order valence-electron chi connectivity index (χ0n) is 82.1. The van der Waals surface area contributed by atoms with Crippen LogP contribution < -0.4 is 19.6 Å². The van der Waals surface area contributed by atoms with Crippen LogP contribution in [0.1, 0.15) is 0 Å². The summed E-state index contributed by atoms with van der Waals surface area (Å²) in [6, 6.07) is 232. The van der Waals surface area contributed by atoms with E-state index >= 15 is 0 Å². The Bertz CT molecular complexity index is 8030. The Balaban J connectivity index is 0.000000116. The standard InChI is InChI=1S/4C36H27N/c1-4-16-28(17-5-1)31-22-10-13-25-34(31)37(35-26-14-11-23-32(35)29-18-6-2-7-19-29)36-27-15-12-24-33(36)30-20-8-3-9-21-30;1-4-15-28(16-5-1)31-21-14-22-32(27-31)37(35-25-12-10-23-33(35)29-17-6-2-7-18-29)36-26-13-11-24-34(36)30-19-8-3-9-20-30;1-4-14-28(15-5-1)31-20-12-22-33(26-31)37(34-23-13-21-32(27-34)29-16-6-2-7-17-29)36-25-11-10-24-35(36)30-18-8-3-9-19-30;1-4-13-28(14-5-1)30-23-25-33(26-24-30)37(34-20-12-19-32(27-34)29-15-6-2-7-16-29)36-22-11-10-21-35(36)31-17-8-3-9-18-31/h4*1-27H. The summed E-state index contributed by atoms with van der Waals surface area (Å²) >= 11 is 0. The molecule has 0 bridgehead atoms. The normalized spacial score (nSPS) is 10.7. The number of hydrogen-bond donors (Lipinski definition) is 0. The van der Waals surface area contributed by atoms with Crippen LogP contribution in [0.4, 0.5) is 68.2 Å². The van der Waals surface area contributed by atoms with Gasteiger partial charge in [-0.15, -0.1) is 0 Å². The molecule has 704 valence electrons. The van der Waals surface area contributed by atoms with Crippen molar-refractivity contribution in [3.63, 3.8) is 0 Å². The molecule has 0 fully saturated rings. The predicted molar refractivity (Wildman–Crippen MR) is 630 cm³/mol. The smallest absolute Gasteiger partial charge is 0.0540 e. The molecule has 0 aliphatic carbocycles. The Morgan fingerprint density at radius 1 is 0.0743 bits per heavy atom. The molecule has 0 atom stereocenters. The molecule has 0 aliphatic rings. The number of anilines is 12. The maximum atomic E-state index is 2.42. The molecule has 0 spiro atoms. The third-order valence-electron chi connectivity index (χ3n) is 26.7. The van der Waals surface area contributed by atoms with Crippen LogP contribution in [0.15, 0.2) is 655 Å². The van der Waals surface area contributed by atoms with E-state index in [4.69, 9.17) is 0 Å². The number of para-hydroxylation sites is 7. The molecule has 0 N–H and O–H groups in total. The lowest BCUT2D eigenvalue weighted by Crippen LogP contribution is -2.13. The molecule has 4 nitrogen and oxygen atoms in total. The Kier molecular flexibility index (Phi) is 30.0. The van der Waals surface area contributed by atoms with Crippen LogP contribution >= 0.6 is 0 Å². The molecule has 24 rings (SSSR count). The summed E-state index contributed by atoms with van der Waals surface area (Å²) in [5, 5.41) is 0. The van der Waals surface area contributed by atoms with Crippen molar-refractivity contribution in [3.8, 4) is 134 Å². The van der Waals surface area contributed by atoms with E-state index in [9.17, 15) is 0 Å². The van der Waals surface area contributed by atoms with Gasteiger partial charge in [-0.3, -0.25) is 0 Å². The second kappa shape index (κ2) is 46.9. The molecular weight excluding hydrogens is 1790 g/mol. The molecule has 24 aromatic carbocycles. The topological polar surface area (TPSA) is 13.0 Å². The van der Waals surface area contributed by atoms with Crippen LogP contribution in [-0.4, -0.2) is 0 Å². The Morgan fingerprint density at radius 2 is 0.209 bits per heavy atom. The third kappa shape index (κ3) is 22.2. The van der Waals surface area contributed by atoms with Gasteiger partial charge in [0.05, 0.1) is 39.8 Å². The van der Waals surface area contributed by atoms with Crippen LogP contribution in [-0.2, 0) is 0 Å². The van der Waals surface area contributed by atoms with Crippen molar-refractivity contribution in [1.29, 1.82) is 0 Å². The van der Waals surface area contributed by atoms with Gasteiger partial charge >= 0.3 is 0 Å². The molecule has 0 amide bonds. The first kappa shape index (κ1) is 94.7. The zero-order chi connectivity index (χ0) is 99.5. The molecule has 0 saturated heterocycles. The van der Waals surface area contributed by atoms with E-state index < -0.39 is 0 Å². The van der Waals surface area contributed by atoms with Crippen molar-refractivity contribution in [3.05, 3.63) is 655 Å². The van der Waals surface area contributed by atoms with Crippen LogP contribution in [0.5, 0.6) is 0 Å². The average Bonchev–Trinajstić information content (AvgIpc) is 0.759. The largest absolute Gasteiger partial charge is 0.310 e. The molecule has 0 radical (unpaired) electrons. The molecule has 0 unspecified atom stereocenters. The number of benzene rings is 24. The Labute approximate surface area is 870 Å². The van der Waals surface area contributed by atoms with Gasteiger partial charge in [0, 0.05) is 67.4 Å². The summed E-state index contributed by atoms with van der Waals surface area (Å²) < 4.78 is 0. The second-order valence-corrected chi connectivity index (χ2v) is 36.1. The van der Waals surface area contributed by atoms with Gasteiger partial charge in [-0.05, 0) is 198 Å². The van der Waals surface area contributed by atoms with Gasteiger partial charge in [0.1, 0.15) is 0 Å². The zero-order valence-corrected chi connectivity index (χ0v) is 82.1. The monoisotopic (exact) mass is 1890 g/mol. The van der Waals surface area contributed by atoms with E-state index in [1.807, 2.05) is 0 Å². The fourth-order valence-corrected chi connectivity index (χ4v) is 19.6. The van der Waals surface area contributed by atoms with Gasteiger partial charge in [-0.25, -0.2) is 0 Å². The van der Waals surface area contributed by atoms with Crippen molar-refractivity contribution in [2.75, 3.05) is 19.6 Å². The molecule has 24 aromatic rings. The number of rotatable bonds is 24. The quantitative estimate of drug-likeness (QED) is 0.0598. The van der Waals surface area contributed by atoms with E-state index in [-0.39, 0.29) is 0 Å². The highest BCUT2D eigenvalue weighted by molar-refractivity contribution is 6.00. The summed E-state index contributed by atoms with van der Waals surface area (Å²) in [5.41, 5.74) is 42.3. The highest BCUT2D eigenvalue weighted by atomic mass is 15.2. The molecule has 148 heavy (non-hydrogen) atoms. The van der Waals surface area contributed by atoms with Gasteiger partial charge < -0.3 is 19.6 Å². The predicted octanol–water partition coefficient (Wildman–Crippen LogP) is 40.6. The number of nitrogens with zero attached hydrogens (tertiary/aromatic N) is 4. The van der Waals surface area contributed by atoms with Crippen molar-refractivity contribution < 1.29 is 0 Å². The minimum absolute atomic E-state index is 1.12. The van der Waals surface area contributed by atoms with Crippen LogP contribution in [0.25, 0.3) is 134 Å². The maximum Gasteiger partial charge on any atom is 0.0540 e. The Hall–Kier alpha value is -19.5. The molecule has 0 saturated carbocycles. The first-order chi connectivity index (χ1) is 73.5. The van der Waals surface area contributed by atoms with Crippen molar-refractivity contribution >= 4 is 68.2 Å². The van der Waals surface area contributed by atoms with Crippen LogP contribution in [0.2, 0.25) is 0 Å². The Morgan fingerprint density at radius 3 is 0.412 bits per heavy atom. The SMILES string of the molecule is c1ccc(-c2ccc(N(c3cccc(-c4ccccc4)c3)c3ccccc3-c3ccccc3)cc2)cc1.c1ccc(-c2cccc(N(c3cccc(-c4ccccc4)c3)c3ccccc3-c3ccccc3)c2)cc1.c1ccc(-c2cccc(N(c3ccccc3-c3ccccc3)c3ccccc3-c3ccccc3)c2)cc1.c1ccc(-c2ccccc2N(c2ccccc2-c2ccccc2)c2ccccc2-c2ccccc2)cc1. The van der Waals surface area contributed by atoms with E-state index in [0.29, 0.717) is 0 Å². The molecule has 0 aliphatic heterocycles. The second-order valence-electron chi connectivity index (χ2n) is 36.1. The highest BCUT2D eigenvalue weighted by Gasteiger charge is 2.27. The minimum Gasteiger partial charge on any atom is -0.310 e. The average molecular weight is 1890 g/mol. The highest BCUT2D eigenvalue weighted by Crippen LogP contribution is 2.52. The minimum atomic E-state index is 1.12. The molecular formula is C144H108N4. The van der Waals surface area contributed by atoms with E-state index in [1.165, 1.54) is 134 Å². The van der Waals surface area contributed by atoms with Crippen LogP contribution in [0, 0.1) is 0 Å².